The number of carbonyl (C=O) groups excluding carboxylic acids is 1. The summed E-state index contributed by atoms with van der Waals surface area (Å²) in [5.74, 6) is 0.154. The van der Waals surface area contributed by atoms with Crippen LogP contribution in [0.25, 0.3) is 5.57 Å². The van der Waals surface area contributed by atoms with Crippen molar-refractivity contribution >= 4 is 17.0 Å². The summed E-state index contributed by atoms with van der Waals surface area (Å²) in [6, 6.07) is 1.61. The van der Waals surface area contributed by atoms with Crippen molar-refractivity contribution in [1.82, 2.24) is 9.88 Å². The van der Waals surface area contributed by atoms with E-state index in [1.165, 1.54) is 12.4 Å². The Morgan fingerprint density at radius 2 is 2.19 bits per heavy atom. The van der Waals surface area contributed by atoms with Gasteiger partial charge in [0.25, 0.3) is 5.69 Å². The van der Waals surface area contributed by atoms with E-state index in [1.54, 1.807) is 12.1 Å². The van der Waals surface area contributed by atoms with E-state index < -0.39 is 4.92 Å². The van der Waals surface area contributed by atoms with Crippen LogP contribution in [0.5, 0.6) is 0 Å². The number of carbonyl (C=O) groups is 1. The molecule has 0 fully saturated rings. The van der Waals surface area contributed by atoms with Crippen LogP contribution < -0.4 is 0 Å². The number of hydrogen-bond donors (Lipinski definition) is 0. The third-order valence-corrected chi connectivity index (χ3v) is 3.82. The van der Waals surface area contributed by atoms with Gasteiger partial charge in [0.1, 0.15) is 6.20 Å². The highest BCUT2D eigenvalue weighted by molar-refractivity contribution is 6.01. The number of rotatable bonds is 4. The Morgan fingerprint density at radius 1 is 1.48 bits per heavy atom. The lowest BCUT2D eigenvalue weighted by molar-refractivity contribution is -0.385. The highest BCUT2D eigenvalue weighted by Crippen LogP contribution is 2.36. The second-order valence-electron chi connectivity index (χ2n) is 5.77. The summed E-state index contributed by atoms with van der Waals surface area (Å²) in [6.07, 6.45) is 4.98. The fourth-order valence-corrected chi connectivity index (χ4v) is 2.76. The predicted molar refractivity (Wildman–Crippen MR) is 79.7 cm³/mol. The summed E-state index contributed by atoms with van der Waals surface area (Å²) in [4.78, 5) is 28.7. The smallest absolute Gasteiger partial charge is 0.294 e. The van der Waals surface area contributed by atoms with Crippen LogP contribution in [0.1, 0.15) is 18.9 Å². The molecule has 2 rings (SSSR count). The largest absolute Gasteiger partial charge is 0.309 e. The maximum absolute atomic E-state index is 12.3. The molecule has 0 aromatic carbocycles. The van der Waals surface area contributed by atoms with Gasteiger partial charge in [0, 0.05) is 18.7 Å². The zero-order valence-electron chi connectivity index (χ0n) is 12.4. The Hall–Kier alpha value is -2.08. The first-order chi connectivity index (χ1) is 9.90. The standard InChI is InChI=1S/C15H19N3O3/c1-10-6-11(7-15(19)13(10)9-17(2)3)12-4-5-16-8-14(12)18(20)21/h4-5,7-8,10,13H,6,9H2,1-3H3. The first kappa shape index (κ1) is 15.3. The van der Waals surface area contributed by atoms with Crippen LogP contribution in [-0.2, 0) is 4.79 Å². The molecule has 2 unspecified atom stereocenters. The van der Waals surface area contributed by atoms with Gasteiger partial charge in [-0.3, -0.25) is 19.9 Å². The molecular formula is C15H19N3O3. The quantitative estimate of drug-likeness (QED) is 0.627. The molecule has 6 heteroatoms. The summed E-state index contributed by atoms with van der Waals surface area (Å²) in [5, 5.41) is 11.1. The summed E-state index contributed by atoms with van der Waals surface area (Å²) in [6.45, 7) is 2.72. The van der Waals surface area contributed by atoms with E-state index in [0.717, 1.165) is 5.57 Å². The van der Waals surface area contributed by atoms with E-state index in [0.29, 0.717) is 18.5 Å². The Bertz CT molecular complexity index is 596. The van der Waals surface area contributed by atoms with Crippen molar-refractivity contribution in [2.75, 3.05) is 20.6 Å². The van der Waals surface area contributed by atoms with E-state index in [4.69, 9.17) is 0 Å². The number of pyridine rings is 1. The Balaban J connectivity index is 2.35. The molecule has 1 aliphatic carbocycles. The molecule has 2 atom stereocenters. The highest BCUT2D eigenvalue weighted by atomic mass is 16.6. The third-order valence-electron chi connectivity index (χ3n) is 3.82. The van der Waals surface area contributed by atoms with Gasteiger partial charge in [-0.05, 0) is 44.1 Å². The summed E-state index contributed by atoms with van der Waals surface area (Å²) >= 11 is 0. The zero-order valence-corrected chi connectivity index (χ0v) is 12.4. The van der Waals surface area contributed by atoms with E-state index in [2.05, 4.69) is 4.98 Å². The molecule has 1 aromatic heterocycles. The molecule has 0 radical (unpaired) electrons. The van der Waals surface area contributed by atoms with Crippen LogP contribution >= 0.6 is 0 Å². The number of hydrogen-bond acceptors (Lipinski definition) is 5. The minimum Gasteiger partial charge on any atom is -0.309 e. The fourth-order valence-electron chi connectivity index (χ4n) is 2.76. The van der Waals surface area contributed by atoms with Crippen LogP contribution in [0.15, 0.2) is 24.5 Å². The number of ketones is 1. The van der Waals surface area contributed by atoms with Crippen molar-refractivity contribution in [2.45, 2.75) is 13.3 Å². The molecule has 21 heavy (non-hydrogen) atoms. The summed E-state index contributed by atoms with van der Waals surface area (Å²) < 4.78 is 0. The van der Waals surface area contributed by atoms with Gasteiger partial charge in [-0.25, -0.2) is 0 Å². The lowest BCUT2D eigenvalue weighted by Gasteiger charge is -2.29. The number of allylic oxidation sites excluding steroid dienone is 2. The first-order valence-electron chi connectivity index (χ1n) is 6.88. The van der Waals surface area contributed by atoms with Crippen LogP contribution in [0.3, 0.4) is 0 Å². The number of nitro groups is 1. The maximum atomic E-state index is 12.3. The maximum Gasteiger partial charge on any atom is 0.294 e. The molecule has 0 N–H and O–H groups in total. The van der Waals surface area contributed by atoms with Gasteiger partial charge >= 0.3 is 0 Å². The molecular weight excluding hydrogens is 270 g/mol. The second kappa shape index (κ2) is 6.13. The summed E-state index contributed by atoms with van der Waals surface area (Å²) in [5.41, 5.74) is 1.19. The number of aromatic nitrogens is 1. The molecule has 1 aliphatic rings. The van der Waals surface area contributed by atoms with Crippen molar-refractivity contribution in [3.63, 3.8) is 0 Å². The molecule has 0 bridgehead atoms. The van der Waals surface area contributed by atoms with Gasteiger partial charge in [-0.15, -0.1) is 0 Å². The molecule has 0 spiro atoms. The number of nitrogens with zero attached hydrogens (tertiary/aromatic N) is 3. The van der Waals surface area contributed by atoms with Crippen molar-refractivity contribution in [3.05, 3.63) is 40.2 Å². The highest BCUT2D eigenvalue weighted by Gasteiger charge is 2.31. The minimum absolute atomic E-state index is 0.0450. The van der Waals surface area contributed by atoms with Crippen LogP contribution in [0.2, 0.25) is 0 Å². The molecule has 6 nitrogen and oxygen atoms in total. The van der Waals surface area contributed by atoms with Crippen LogP contribution in [0, 0.1) is 22.0 Å². The molecule has 0 amide bonds. The molecule has 0 aliphatic heterocycles. The minimum atomic E-state index is -0.454. The van der Waals surface area contributed by atoms with Crippen LogP contribution in [0.4, 0.5) is 5.69 Å². The lowest BCUT2D eigenvalue weighted by atomic mass is 9.78. The molecule has 1 aromatic rings. The molecule has 0 saturated carbocycles. The van der Waals surface area contributed by atoms with Gasteiger partial charge in [0.05, 0.1) is 10.5 Å². The second-order valence-corrected chi connectivity index (χ2v) is 5.77. The van der Waals surface area contributed by atoms with E-state index in [9.17, 15) is 14.9 Å². The molecule has 1 heterocycles. The molecule has 0 saturated heterocycles. The van der Waals surface area contributed by atoms with Crippen molar-refractivity contribution in [1.29, 1.82) is 0 Å². The first-order valence-corrected chi connectivity index (χ1v) is 6.88. The van der Waals surface area contributed by atoms with Crippen molar-refractivity contribution < 1.29 is 9.72 Å². The topological polar surface area (TPSA) is 76.3 Å². The molecule has 112 valence electrons. The van der Waals surface area contributed by atoms with E-state index >= 15 is 0 Å². The Kier molecular flexibility index (Phi) is 4.47. The normalized spacial score (nSPS) is 22.3. The third kappa shape index (κ3) is 3.33. The van der Waals surface area contributed by atoms with E-state index in [1.807, 2.05) is 25.9 Å². The van der Waals surface area contributed by atoms with Gasteiger partial charge in [-0.2, -0.15) is 0 Å². The zero-order chi connectivity index (χ0) is 15.6. The van der Waals surface area contributed by atoms with Gasteiger partial charge < -0.3 is 4.90 Å². The fraction of sp³-hybridized carbons (Fsp3) is 0.467. The van der Waals surface area contributed by atoms with Gasteiger partial charge in [0.2, 0.25) is 0 Å². The van der Waals surface area contributed by atoms with Gasteiger partial charge in [0.15, 0.2) is 5.78 Å². The lowest BCUT2D eigenvalue weighted by Crippen LogP contribution is -2.34. The summed E-state index contributed by atoms with van der Waals surface area (Å²) in [7, 11) is 3.87. The Morgan fingerprint density at radius 3 is 2.76 bits per heavy atom. The average Bonchev–Trinajstić information content (AvgIpc) is 2.42. The Labute approximate surface area is 123 Å². The van der Waals surface area contributed by atoms with E-state index in [-0.39, 0.29) is 23.3 Å². The van der Waals surface area contributed by atoms with Crippen molar-refractivity contribution in [3.8, 4) is 0 Å². The monoisotopic (exact) mass is 289 g/mol. The SMILES string of the molecule is CC1CC(c2ccncc2[N+](=O)[O-])=CC(=O)C1CN(C)C. The van der Waals surface area contributed by atoms with Crippen LogP contribution in [-0.4, -0.2) is 41.2 Å². The van der Waals surface area contributed by atoms with Crippen molar-refractivity contribution in [2.24, 2.45) is 11.8 Å². The predicted octanol–water partition coefficient (Wildman–Crippen LogP) is 2.16. The van der Waals surface area contributed by atoms with Gasteiger partial charge in [-0.1, -0.05) is 6.92 Å². The average molecular weight is 289 g/mol.